The van der Waals surface area contributed by atoms with Crippen molar-refractivity contribution < 1.29 is 12.8 Å². The summed E-state index contributed by atoms with van der Waals surface area (Å²) in [4.78, 5) is 0.256. The van der Waals surface area contributed by atoms with Gasteiger partial charge in [-0.3, -0.25) is 0 Å². The maximum Gasteiger partial charge on any atom is 0.241 e. The number of nitrogens with one attached hydrogen (secondary N) is 1. The SMILES string of the molecule is Cc1ccc(S(=O)(=O)NC(C)c2ccco2)cc1. The minimum Gasteiger partial charge on any atom is -0.468 e. The van der Waals surface area contributed by atoms with Gasteiger partial charge in [0.05, 0.1) is 17.2 Å². The fraction of sp³-hybridized carbons (Fsp3) is 0.231. The summed E-state index contributed by atoms with van der Waals surface area (Å²) in [6, 6.07) is 9.79. The number of benzene rings is 1. The molecule has 1 aromatic carbocycles. The first-order chi connectivity index (χ1) is 8.49. The average molecular weight is 265 g/mol. The zero-order chi connectivity index (χ0) is 13.2. The highest BCUT2D eigenvalue weighted by atomic mass is 32.2. The van der Waals surface area contributed by atoms with Gasteiger partial charge in [-0.2, -0.15) is 0 Å². The molecule has 0 fully saturated rings. The van der Waals surface area contributed by atoms with Crippen LogP contribution in [0.1, 0.15) is 24.3 Å². The summed E-state index contributed by atoms with van der Waals surface area (Å²) in [6.45, 7) is 3.65. The zero-order valence-corrected chi connectivity index (χ0v) is 11.1. The van der Waals surface area contributed by atoms with Crippen molar-refractivity contribution >= 4 is 10.0 Å². The molecule has 2 rings (SSSR count). The Hall–Kier alpha value is -1.59. The van der Waals surface area contributed by atoms with Gasteiger partial charge in [0, 0.05) is 0 Å². The molecule has 96 valence electrons. The van der Waals surface area contributed by atoms with E-state index in [1.165, 1.54) is 6.26 Å². The number of furan rings is 1. The quantitative estimate of drug-likeness (QED) is 0.924. The van der Waals surface area contributed by atoms with Crippen LogP contribution >= 0.6 is 0 Å². The van der Waals surface area contributed by atoms with E-state index in [1.54, 1.807) is 43.3 Å². The number of sulfonamides is 1. The normalized spacial score (nSPS) is 13.4. The molecule has 0 bridgehead atoms. The predicted molar refractivity (Wildman–Crippen MR) is 68.6 cm³/mol. The number of rotatable bonds is 4. The molecule has 0 spiro atoms. The van der Waals surface area contributed by atoms with E-state index < -0.39 is 16.1 Å². The van der Waals surface area contributed by atoms with Crippen molar-refractivity contribution in [1.82, 2.24) is 4.72 Å². The molecule has 0 radical (unpaired) electrons. The average Bonchev–Trinajstić information content (AvgIpc) is 2.82. The molecule has 0 aliphatic heterocycles. The first-order valence-electron chi connectivity index (χ1n) is 5.61. The highest BCUT2D eigenvalue weighted by molar-refractivity contribution is 7.89. The molecule has 1 unspecified atom stereocenters. The van der Waals surface area contributed by atoms with E-state index in [9.17, 15) is 8.42 Å². The van der Waals surface area contributed by atoms with Crippen LogP contribution in [0.15, 0.2) is 52.0 Å². The van der Waals surface area contributed by atoms with Gasteiger partial charge in [0.2, 0.25) is 10.0 Å². The van der Waals surface area contributed by atoms with Crippen LogP contribution in [-0.2, 0) is 10.0 Å². The van der Waals surface area contributed by atoms with Crippen molar-refractivity contribution in [1.29, 1.82) is 0 Å². The van der Waals surface area contributed by atoms with Crippen molar-refractivity contribution in [3.8, 4) is 0 Å². The third-order valence-corrected chi connectivity index (χ3v) is 4.19. The van der Waals surface area contributed by atoms with Crippen LogP contribution in [0.5, 0.6) is 0 Å². The van der Waals surface area contributed by atoms with Gasteiger partial charge in [-0.05, 0) is 38.1 Å². The summed E-state index contributed by atoms with van der Waals surface area (Å²) in [5.74, 6) is 0.589. The van der Waals surface area contributed by atoms with Gasteiger partial charge >= 0.3 is 0 Å². The summed E-state index contributed by atoms with van der Waals surface area (Å²) in [5.41, 5.74) is 1.02. The van der Waals surface area contributed by atoms with E-state index in [0.29, 0.717) is 5.76 Å². The Labute approximate surface area is 107 Å². The lowest BCUT2D eigenvalue weighted by molar-refractivity contribution is 0.459. The van der Waals surface area contributed by atoms with Crippen molar-refractivity contribution in [2.75, 3.05) is 0 Å². The van der Waals surface area contributed by atoms with Crippen molar-refractivity contribution in [2.45, 2.75) is 24.8 Å². The lowest BCUT2D eigenvalue weighted by Gasteiger charge is -2.12. The summed E-state index contributed by atoms with van der Waals surface area (Å²) in [5, 5.41) is 0. The topological polar surface area (TPSA) is 59.3 Å². The third kappa shape index (κ3) is 2.80. The van der Waals surface area contributed by atoms with Crippen LogP contribution in [-0.4, -0.2) is 8.42 Å². The molecule has 0 saturated heterocycles. The zero-order valence-electron chi connectivity index (χ0n) is 10.3. The van der Waals surface area contributed by atoms with E-state index in [-0.39, 0.29) is 4.90 Å². The van der Waals surface area contributed by atoms with Gasteiger partial charge < -0.3 is 4.42 Å². The molecule has 2 aromatic rings. The second-order valence-corrected chi connectivity index (χ2v) is 5.89. The molecule has 0 saturated carbocycles. The van der Waals surface area contributed by atoms with Gasteiger partial charge in [0.15, 0.2) is 0 Å². The van der Waals surface area contributed by atoms with Crippen LogP contribution in [0.3, 0.4) is 0 Å². The number of hydrogen-bond donors (Lipinski definition) is 1. The Morgan fingerprint density at radius 2 is 1.83 bits per heavy atom. The largest absolute Gasteiger partial charge is 0.468 e. The fourth-order valence-electron chi connectivity index (χ4n) is 1.61. The molecular weight excluding hydrogens is 250 g/mol. The molecule has 0 aliphatic rings. The van der Waals surface area contributed by atoms with E-state index in [1.807, 2.05) is 6.92 Å². The Morgan fingerprint density at radius 3 is 2.39 bits per heavy atom. The molecule has 1 heterocycles. The van der Waals surface area contributed by atoms with Gasteiger partial charge in [0.1, 0.15) is 5.76 Å². The summed E-state index contributed by atoms with van der Waals surface area (Å²) >= 11 is 0. The van der Waals surface area contributed by atoms with Gasteiger partial charge in [-0.15, -0.1) is 0 Å². The Kier molecular flexibility index (Phi) is 3.54. The highest BCUT2D eigenvalue weighted by Gasteiger charge is 2.19. The lowest BCUT2D eigenvalue weighted by atomic mass is 10.2. The van der Waals surface area contributed by atoms with E-state index >= 15 is 0 Å². The van der Waals surface area contributed by atoms with E-state index in [0.717, 1.165) is 5.56 Å². The second kappa shape index (κ2) is 4.96. The van der Waals surface area contributed by atoms with Crippen molar-refractivity contribution in [3.63, 3.8) is 0 Å². The molecule has 0 amide bonds. The van der Waals surface area contributed by atoms with Crippen LogP contribution in [0, 0.1) is 6.92 Å². The van der Waals surface area contributed by atoms with E-state index in [4.69, 9.17) is 4.42 Å². The van der Waals surface area contributed by atoms with Gasteiger partial charge in [0.25, 0.3) is 0 Å². The van der Waals surface area contributed by atoms with Gasteiger partial charge in [-0.25, -0.2) is 13.1 Å². The Balaban J connectivity index is 2.20. The van der Waals surface area contributed by atoms with Crippen LogP contribution in [0.2, 0.25) is 0 Å². The molecular formula is C13H15NO3S. The molecule has 0 aliphatic carbocycles. The monoisotopic (exact) mass is 265 g/mol. The molecule has 1 aromatic heterocycles. The van der Waals surface area contributed by atoms with Crippen molar-refractivity contribution in [2.24, 2.45) is 0 Å². The number of aryl methyl sites for hydroxylation is 1. The standard InChI is InChI=1S/C13H15NO3S/c1-10-5-7-12(8-6-10)18(15,16)14-11(2)13-4-3-9-17-13/h3-9,11,14H,1-2H3. The molecule has 18 heavy (non-hydrogen) atoms. The lowest BCUT2D eigenvalue weighted by Crippen LogP contribution is -2.26. The molecule has 1 N–H and O–H groups in total. The Bertz CT molecular complexity index is 600. The first-order valence-corrected chi connectivity index (χ1v) is 7.10. The van der Waals surface area contributed by atoms with Crippen LogP contribution in [0.4, 0.5) is 0 Å². The van der Waals surface area contributed by atoms with Crippen molar-refractivity contribution in [3.05, 3.63) is 54.0 Å². The second-order valence-electron chi connectivity index (χ2n) is 4.17. The van der Waals surface area contributed by atoms with Crippen LogP contribution in [0.25, 0.3) is 0 Å². The Morgan fingerprint density at radius 1 is 1.17 bits per heavy atom. The smallest absolute Gasteiger partial charge is 0.241 e. The maximum atomic E-state index is 12.1. The minimum absolute atomic E-state index is 0.256. The molecule has 1 atom stereocenters. The number of hydrogen-bond acceptors (Lipinski definition) is 3. The maximum absolute atomic E-state index is 12.1. The highest BCUT2D eigenvalue weighted by Crippen LogP contribution is 2.17. The predicted octanol–water partition coefficient (Wildman–Crippen LogP) is 2.63. The first kappa shape index (κ1) is 12.9. The summed E-state index contributed by atoms with van der Waals surface area (Å²) in [6.07, 6.45) is 1.52. The van der Waals surface area contributed by atoms with Crippen LogP contribution < -0.4 is 4.72 Å². The molecule has 4 nitrogen and oxygen atoms in total. The summed E-state index contributed by atoms with van der Waals surface area (Å²) in [7, 11) is -3.51. The minimum atomic E-state index is -3.51. The molecule has 5 heteroatoms. The van der Waals surface area contributed by atoms with Gasteiger partial charge in [-0.1, -0.05) is 17.7 Å². The summed E-state index contributed by atoms with van der Waals surface area (Å²) < 4.78 is 31.9. The third-order valence-electron chi connectivity index (χ3n) is 2.63. The fourth-order valence-corrected chi connectivity index (χ4v) is 2.83. The van der Waals surface area contributed by atoms with E-state index in [2.05, 4.69) is 4.72 Å².